The molecule has 1 aliphatic heterocycles. The summed E-state index contributed by atoms with van der Waals surface area (Å²) < 4.78 is 0. The standard InChI is InChI=1S/C64H9N/c1-62(2)64-60-54-48-38-26-18-10-6-4-5-8-12(10)20(26)30-24-16(8)17-9(5)13-11-7(4)15-14(6)22-28(18)36-42-32(22)33-23(15)29-19(11)27-21(13)31-25(17)35-34(24)46(40(30)48)56(60)57-47(35)41(31)49-39(27)45-37(29)43(33)51-50(42)58(52(54)44(36)38)63(64,3-65-62)59(51)53(45)55(49)61(57)64/h65H,3H2,1-2H3. The largest absolute Gasteiger partial charge is 0.309 e. The first-order valence-electron chi connectivity index (χ1n) is 24.7. The molecule has 0 aromatic heterocycles. The van der Waals surface area contributed by atoms with Gasteiger partial charge in [0.05, 0.1) is 10.8 Å². The van der Waals surface area contributed by atoms with Crippen LogP contribution in [0.1, 0.15) is 36.1 Å². The van der Waals surface area contributed by atoms with Crippen molar-refractivity contribution in [1.82, 2.24) is 5.32 Å². The molecule has 33 rings (SSSR count). The van der Waals surface area contributed by atoms with E-state index in [2.05, 4.69) is 19.2 Å². The lowest BCUT2D eigenvalue weighted by Gasteiger charge is -2.54. The molecule has 65 heavy (non-hydrogen) atoms. The zero-order valence-electron chi connectivity index (χ0n) is 33.7. The molecule has 1 fully saturated rings. The summed E-state index contributed by atoms with van der Waals surface area (Å²) in [5, 5.41) is 95.5. The van der Waals surface area contributed by atoms with E-state index in [0.29, 0.717) is 0 Å². The van der Waals surface area contributed by atoms with E-state index in [1.807, 2.05) is 0 Å². The summed E-state index contributed by atoms with van der Waals surface area (Å²) in [7, 11) is 0. The summed E-state index contributed by atoms with van der Waals surface area (Å²) in [5.41, 5.74) is 6.56. The third kappa shape index (κ3) is 1.15. The Morgan fingerprint density at radius 1 is 0.200 bits per heavy atom. The van der Waals surface area contributed by atoms with Crippen LogP contribution in [-0.4, -0.2) is 12.1 Å². The van der Waals surface area contributed by atoms with E-state index in [9.17, 15) is 0 Å². The molecule has 28 aromatic carbocycles. The van der Waals surface area contributed by atoms with Crippen LogP contribution in [0.4, 0.5) is 0 Å². The zero-order chi connectivity index (χ0) is 38.4. The van der Waals surface area contributed by atoms with Crippen molar-refractivity contribution in [3.8, 4) is 0 Å². The Morgan fingerprint density at radius 3 is 0.508 bits per heavy atom. The van der Waals surface area contributed by atoms with Gasteiger partial charge in [0.25, 0.3) is 0 Å². The maximum absolute atomic E-state index is 4.57. The van der Waals surface area contributed by atoms with Crippen molar-refractivity contribution >= 4 is 291 Å². The molecule has 0 unspecified atom stereocenters. The predicted octanol–water partition coefficient (Wildman–Crippen LogP) is 16.7. The molecule has 5 aliphatic rings. The normalized spacial score (nSPS) is 24.3. The maximum Gasteiger partial charge on any atom is 0.0554 e. The Kier molecular flexibility index (Phi) is 1.79. The van der Waals surface area contributed by atoms with Gasteiger partial charge in [0.15, 0.2) is 0 Å². The van der Waals surface area contributed by atoms with Crippen LogP contribution in [0.25, 0.3) is 291 Å². The van der Waals surface area contributed by atoms with Crippen molar-refractivity contribution in [3.05, 3.63) is 22.3 Å². The molecule has 0 saturated carbocycles. The average molecular weight is 792 g/mol. The van der Waals surface area contributed by atoms with Gasteiger partial charge in [-0.25, -0.2) is 0 Å². The maximum atomic E-state index is 4.57. The number of rotatable bonds is 0. The van der Waals surface area contributed by atoms with Crippen LogP contribution in [0.3, 0.4) is 0 Å². The Labute approximate surface area is 353 Å². The van der Waals surface area contributed by atoms with Crippen LogP contribution in [-0.2, 0) is 10.8 Å². The molecule has 0 amide bonds. The molecule has 0 radical (unpaired) electrons. The minimum Gasteiger partial charge on any atom is -0.309 e. The second-order valence-electron chi connectivity index (χ2n) is 25.4. The summed E-state index contributed by atoms with van der Waals surface area (Å²) in [6.07, 6.45) is 0. The first kappa shape index (κ1) is 23.4. The molecular formula is C64H9N. The molecular weight excluding hydrogens is 783 g/mol. The van der Waals surface area contributed by atoms with Gasteiger partial charge in [-0.15, -0.1) is 0 Å². The van der Waals surface area contributed by atoms with E-state index in [1.54, 1.807) is 313 Å². The fourth-order valence-corrected chi connectivity index (χ4v) is 25.4. The van der Waals surface area contributed by atoms with E-state index in [0.717, 1.165) is 6.54 Å². The first-order chi connectivity index (χ1) is 32.2. The monoisotopic (exact) mass is 791 g/mol. The lowest BCUT2D eigenvalue weighted by molar-refractivity contribution is 0.277. The van der Waals surface area contributed by atoms with Gasteiger partial charge in [-0.2, -0.15) is 0 Å². The molecule has 28 aromatic rings. The third-order valence-corrected chi connectivity index (χ3v) is 25.2. The van der Waals surface area contributed by atoms with Crippen LogP contribution in [0.2, 0.25) is 0 Å². The number of hydrogen-bond donors (Lipinski definition) is 1. The van der Waals surface area contributed by atoms with Crippen LogP contribution in [0, 0.1) is 0 Å². The van der Waals surface area contributed by atoms with Gasteiger partial charge in [-0.05, 0) is 327 Å². The molecule has 1 nitrogen and oxygen atoms in total. The Bertz CT molecular complexity index is 6830. The highest BCUT2D eigenvalue weighted by Gasteiger charge is 2.76. The minimum absolute atomic E-state index is 0.170. The quantitative estimate of drug-likeness (QED) is 0.151. The molecule has 1 saturated heterocycles. The van der Waals surface area contributed by atoms with Gasteiger partial charge >= 0.3 is 0 Å². The third-order valence-electron chi connectivity index (χ3n) is 25.2. The molecule has 2 spiro atoms. The van der Waals surface area contributed by atoms with E-state index in [1.165, 1.54) is 0 Å². The SMILES string of the molecule is CC1(C)NCC23c4c5c6c7c8c9c(c%10c%11c2c2c4c4c%12c5c5c6c6c8c8c%13c9c9c%10c%10c%11c%11c2c2c4c4c%12c%12c5c5c6c8c6c8c%13c9c9c%10c%10c%11c2c2c4c4c%12c5c6c5c8c9c%10c2c45)C713. The molecule has 270 valence electrons. The summed E-state index contributed by atoms with van der Waals surface area (Å²) in [4.78, 5) is 0. The van der Waals surface area contributed by atoms with Crippen LogP contribution >= 0.6 is 0 Å². The van der Waals surface area contributed by atoms with E-state index < -0.39 is 0 Å². The van der Waals surface area contributed by atoms with Crippen molar-refractivity contribution in [3.63, 3.8) is 0 Å². The Balaban J connectivity index is 1.29. The van der Waals surface area contributed by atoms with Crippen LogP contribution < -0.4 is 5.32 Å². The summed E-state index contributed by atoms with van der Waals surface area (Å²) in [5.74, 6) is 0. The molecule has 4 aliphatic carbocycles. The zero-order valence-corrected chi connectivity index (χ0v) is 33.7. The van der Waals surface area contributed by atoms with Gasteiger partial charge in [0.1, 0.15) is 0 Å². The lowest BCUT2D eigenvalue weighted by Crippen LogP contribution is -2.59. The van der Waals surface area contributed by atoms with Crippen molar-refractivity contribution in [2.24, 2.45) is 0 Å². The number of nitrogens with one attached hydrogen (secondary N) is 1. The summed E-state index contributed by atoms with van der Waals surface area (Å²) in [6, 6.07) is 0. The van der Waals surface area contributed by atoms with Crippen molar-refractivity contribution in [2.45, 2.75) is 30.2 Å². The molecule has 0 atom stereocenters. The Hall–Kier alpha value is -7.58. The summed E-state index contributed by atoms with van der Waals surface area (Å²) >= 11 is 0. The second-order valence-corrected chi connectivity index (χ2v) is 25.4. The molecule has 0 bridgehead atoms. The number of hydrogen-bond acceptors (Lipinski definition) is 1. The van der Waals surface area contributed by atoms with Crippen molar-refractivity contribution in [1.29, 1.82) is 0 Å². The number of benzene rings is 18. The highest BCUT2D eigenvalue weighted by Crippen LogP contribution is 2.86. The minimum atomic E-state index is -0.217. The highest BCUT2D eigenvalue weighted by atomic mass is 15.1. The van der Waals surface area contributed by atoms with Gasteiger partial charge in [0.2, 0.25) is 0 Å². The Morgan fingerprint density at radius 2 is 0.338 bits per heavy atom. The van der Waals surface area contributed by atoms with Gasteiger partial charge in [0, 0.05) is 12.1 Å². The smallest absolute Gasteiger partial charge is 0.0554 e. The molecule has 1 N–H and O–H groups in total. The van der Waals surface area contributed by atoms with Gasteiger partial charge in [-0.1, -0.05) is 0 Å². The van der Waals surface area contributed by atoms with E-state index >= 15 is 0 Å². The topological polar surface area (TPSA) is 12.0 Å². The van der Waals surface area contributed by atoms with Crippen LogP contribution in [0.5, 0.6) is 0 Å². The average Bonchev–Trinajstić information content (AvgIpc) is 4.13. The predicted molar refractivity (Wildman–Crippen MR) is 276 cm³/mol. The van der Waals surface area contributed by atoms with Crippen LogP contribution in [0.15, 0.2) is 0 Å². The van der Waals surface area contributed by atoms with Gasteiger partial charge < -0.3 is 5.32 Å². The molecule has 1 heterocycles. The van der Waals surface area contributed by atoms with Gasteiger partial charge in [-0.3, -0.25) is 0 Å². The second kappa shape index (κ2) is 4.99. The first-order valence-corrected chi connectivity index (χ1v) is 24.7. The highest BCUT2D eigenvalue weighted by molar-refractivity contribution is 6.82. The van der Waals surface area contributed by atoms with E-state index in [4.69, 9.17) is 0 Å². The van der Waals surface area contributed by atoms with E-state index in [-0.39, 0.29) is 16.4 Å². The fraction of sp³-hybridized carbons (Fsp3) is 0.0938. The van der Waals surface area contributed by atoms with Crippen molar-refractivity contribution in [2.75, 3.05) is 6.54 Å². The lowest BCUT2D eigenvalue weighted by atomic mass is 9.45. The summed E-state index contributed by atoms with van der Waals surface area (Å²) in [6.45, 7) is 6.40. The molecule has 1 heteroatoms. The fourth-order valence-electron chi connectivity index (χ4n) is 25.4. The van der Waals surface area contributed by atoms with Crippen molar-refractivity contribution < 1.29 is 0 Å².